The standard InChI is InChI=1S/C15H15N3O2S/c1-11-3-5-13(6-4-11)21(19,20)17-14-7-8-15-16-9-10-18(15)12(14)2/h3-10,17H,1-2H3. The van der Waals surface area contributed by atoms with Crippen molar-refractivity contribution in [3.63, 3.8) is 0 Å². The van der Waals surface area contributed by atoms with E-state index in [1.165, 1.54) is 0 Å². The maximum absolute atomic E-state index is 12.4. The number of nitrogens with one attached hydrogen (secondary N) is 1. The second-order valence-electron chi connectivity index (χ2n) is 4.91. The zero-order chi connectivity index (χ0) is 15.0. The molecule has 0 spiro atoms. The number of fused-ring (bicyclic) bond motifs is 1. The van der Waals surface area contributed by atoms with Crippen molar-refractivity contribution in [1.82, 2.24) is 9.38 Å². The number of aromatic nitrogens is 2. The van der Waals surface area contributed by atoms with Crippen LogP contribution in [0, 0.1) is 13.8 Å². The van der Waals surface area contributed by atoms with E-state index < -0.39 is 10.0 Å². The fourth-order valence-electron chi connectivity index (χ4n) is 2.16. The molecule has 21 heavy (non-hydrogen) atoms. The molecular formula is C15H15N3O2S. The van der Waals surface area contributed by atoms with Crippen LogP contribution < -0.4 is 4.72 Å². The van der Waals surface area contributed by atoms with Crippen LogP contribution in [-0.2, 0) is 10.0 Å². The Morgan fingerprint density at radius 2 is 1.76 bits per heavy atom. The second kappa shape index (κ2) is 4.89. The van der Waals surface area contributed by atoms with Gasteiger partial charge in [0.15, 0.2) is 0 Å². The maximum atomic E-state index is 12.4. The summed E-state index contributed by atoms with van der Waals surface area (Å²) < 4.78 is 29.3. The number of aryl methyl sites for hydroxylation is 2. The molecule has 5 nitrogen and oxygen atoms in total. The average Bonchev–Trinajstić information content (AvgIpc) is 2.91. The van der Waals surface area contributed by atoms with E-state index in [9.17, 15) is 8.42 Å². The van der Waals surface area contributed by atoms with Crippen molar-refractivity contribution in [3.05, 3.63) is 60.0 Å². The predicted octanol–water partition coefficient (Wildman–Crippen LogP) is 2.75. The molecule has 3 rings (SSSR count). The minimum atomic E-state index is -3.59. The van der Waals surface area contributed by atoms with E-state index in [0.717, 1.165) is 16.9 Å². The van der Waals surface area contributed by atoms with Gasteiger partial charge in [-0.15, -0.1) is 0 Å². The minimum absolute atomic E-state index is 0.248. The van der Waals surface area contributed by atoms with Gasteiger partial charge in [-0.05, 0) is 38.1 Å². The quantitative estimate of drug-likeness (QED) is 0.809. The van der Waals surface area contributed by atoms with Gasteiger partial charge in [-0.3, -0.25) is 4.72 Å². The normalized spacial score (nSPS) is 11.7. The smallest absolute Gasteiger partial charge is 0.261 e. The molecule has 0 fully saturated rings. The molecule has 3 aromatic rings. The Morgan fingerprint density at radius 3 is 2.48 bits per heavy atom. The molecule has 0 unspecified atom stereocenters. The second-order valence-corrected chi connectivity index (χ2v) is 6.59. The lowest BCUT2D eigenvalue weighted by Gasteiger charge is -2.12. The van der Waals surface area contributed by atoms with Crippen LogP contribution in [0.1, 0.15) is 11.3 Å². The molecule has 1 aromatic carbocycles. The van der Waals surface area contributed by atoms with Crippen molar-refractivity contribution in [2.45, 2.75) is 18.7 Å². The number of rotatable bonds is 3. The molecule has 2 heterocycles. The number of hydrogen-bond donors (Lipinski definition) is 1. The molecule has 108 valence electrons. The Morgan fingerprint density at radius 1 is 1.05 bits per heavy atom. The van der Waals surface area contributed by atoms with Crippen LogP contribution in [0.3, 0.4) is 0 Å². The molecule has 0 saturated carbocycles. The summed E-state index contributed by atoms with van der Waals surface area (Å²) in [6.45, 7) is 3.77. The van der Waals surface area contributed by atoms with Crippen LogP contribution in [0.2, 0.25) is 0 Å². The summed E-state index contributed by atoms with van der Waals surface area (Å²) >= 11 is 0. The molecule has 2 aromatic heterocycles. The molecule has 0 aliphatic rings. The van der Waals surface area contributed by atoms with Gasteiger partial charge in [-0.25, -0.2) is 13.4 Å². The zero-order valence-electron chi connectivity index (χ0n) is 11.7. The lowest BCUT2D eigenvalue weighted by atomic mass is 10.2. The molecule has 0 amide bonds. The third-order valence-electron chi connectivity index (χ3n) is 3.40. The van der Waals surface area contributed by atoms with Crippen molar-refractivity contribution in [1.29, 1.82) is 0 Å². The number of benzene rings is 1. The average molecular weight is 301 g/mol. The molecule has 0 bridgehead atoms. The topological polar surface area (TPSA) is 63.5 Å². The lowest BCUT2D eigenvalue weighted by Crippen LogP contribution is -2.14. The number of sulfonamides is 1. The van der Waals surface area contributed by atoms with Crippen LogP contribution in [-0.4, -0.2) is 17.8 Å². The summed E-state index contributed by atoms with van der Waals surface area (Å²) in [6.07, 6.45) is 3.48. The van der Waals surface area contributed by atoms with Gasteiger partial charge in [-0.2, -0.15) is 0 Å². The fraction of sp³-hybridized carbons (Fsp3) is 0.133. The van der Waals surface area contributed by atoms with E-state index in [4.69, 9.17) is 0 Å². The van der Waals surface area contributed by atoms with Gasteiger partial charge >= 0.3 is 0 Å². The Labute approximate surface area is 123 Å². The third-order valence-corrected chi connectivity index (χ3v) is 4.78. The van der Waals surface area contributed by atoms with Crippen molar-refractivity contribution < 1.29 is 8.42 Å². The summed E-state index contributed by atoms with van der Waals surface area (Å²) in [5.74, 6) is 0. The van der Waals surface area contributed by atoms with Crippen molar-refractivity contribution >= 4 is 21.4 Å². The van der Waals surface area contributed by atoms with E-state index in [0.29, 0.717) is 5.69 Å². The van der Waals surface area contributed by atoms with Gasteiger partial charge in [0.05, 0.1) is 10.6 Å². The van der Waals surface area contributed by atoms with E-state index >= 15 is 0 Å². The van der Waals surface area contributed by atoms with E-state index in [1.54, 1.807) is 48.8 Å². The molecule has 1 N–H and O–H groups in total. The highest BCUT2D eigenvalue weighted by molar-refractivity contribution is 7.92. The van der Waals surface area contributed by atoms with E-state index in [1.807, 2.05) is 18.2 Å². The Hall–Kier alpha value is -2.34. The van der Waals surface area contributed by atoms with Gasteiger partial charge in [0.25, 0.3) is 10.0 Å². The largest absolute Gasteiger partial charge is 0.302 e. The SMILES string of the molecule is Cc1ccc(S(=O)(=O)Nc2ccc3nccn3c2C)cc1. The minimum Gasteiger partial charge on any atom is -0.302 e. The first-order valence-corrected chi connectivity index (χ1v) is 7.98. The van der Waals surface area contributed by atoms with E-state index in [2.05, 4.69) is 9.71 Å². The van der Waals surface area contributed by atoms with Crippen LogP contribution in [0.5, 0.6) is 0 Å². The number of pyridine rings is 1. The van der Waals surface area contributed by atoms with Crippen LogP contribution in [0.4, 0.5) is 5.69 Å². The maximum Gasteiger partial charge on any atom is 0.261 e. The van der Waals surface area contributed by atoms with Crippen molar-refractivity contribution in [2.24, 2.45) is 0 Å². The Balaban J connectivity index is 2.00. The predicted molar refractivity (Wildman–Crippen MR) is 81.9 cm³/mol. The van der Waals surface area contributed by atoms with Gasteiger partial charge in [-0.1, -0.05) is 17.7 Å². The first-order chi connectivity index (χ1) is 9.97. The highest BCUT2D eigenvalue weighted by atomic mass is 32.2. The van der Waals surface area contributed by atoms with Crippen LogP contribution in [0.15, 0.2) is 53.7 Å². The van der Waals surface area contributed by atoms with Gasteiger partial charge in [0.1, 0.15) is 5.65 Å². The number of anilines is 1. The molecule has 6 heteroatoms. The third kappa shape index (κ3) is 2.50. The highest BCUT2D eigenvalue weighted by Gasteiger charge is 2.15. The lowest BCUT2D eigenvalue weighted by molar-refractivity contribution is 0.601. The first kappa shape index (κ1) is 13.6. The fourth-order valence-corrected chi connectivity index (χ4v) is 3.28. The summed E-state index contributed by atoms with van der Waals surface area (Å²) in [4.78, 5) is 4.42. The molecule has 0 atom stereocenters. The number of hydrogen-bond acceptors (Lipinski definition) is 3. The van der Waals surface area contributed by atoms with E-state index in [-0.39, 0.29) is 4.90 Å². The Bertz CT molecular complexity index is 896. The molecular weight excluding hydrogens is 286 g/mol. The first-order valence-electron chi connectivity index (χ1n) is 6.49. The monoisotopic (exact) mass is 301 g/mol. The summed E-state index contributed by atoms with van der Waals surface area (Å²) in [5, 5.41) is 0. The summed E-state index contributed by atoms with van der Waals surface area (Å²) in [7, 11) is -3.59. The highest BCUT2D eigenvalue weighted by Crippen LogP contribution is 2.21. The van der Waals surface area contributed by atoms with Crippen molar-refractivity contribution in [3.8, 4) is 0 Å². The summed E-state index contributed by atoms with van der Waals surface area (Å²) in [5.41, 5.74) is 3.14. The number of nitrogens with zero attached hydrogens (tertiary/aromatic N) is 2. The molecule has 0 aliphatic carbocycles. The zero-order valence-corrected chi connectivity index (χ0v) is 12.6. The number of imidazole rings is 1. The van der Waals surface area contributed by atoms with Gasteiger partial charge in [0, 0.05) is 18.1 Å². The van der Waals surface area contributed by atoms with Crippen LogP contribution in [0.25, 0.3) is 5.65 Å². The molecule has 0 saturated heterocycles. The van der Waals surface area contributed by atoms with Crippen LogP contribution >= 0.6 is 0 Å². The Kier molecular flexibility index (Phi) is 3.17. The summed E-state index contributed by atoms with van der Waals surface area (Å²) in [6, 6.07) is 10.3. The molecule has 0 aliphatic heterocycles. The van der Waals surface area contributed by atoms with Gasteiger partial charge < -0.3 is 4.40 Å². The molecule has 0 radical (unpaired) electrons. The van der Waals surface area contributed by atoms with Gasteiger partial charge in [0.2, 0.25) is 0 Å². The van der Waals surface area contributed by atoms with Crippen molar-refractivity contribution in [2.75, 3.05) is 4.72 Å².